The molecule has 0 aliphatic carbocycles. The zero-order chi connectivity index (χ0) is 13.7. The van der Waals surface area contributed by atoms with Crippen LogP contribution in [0.25, 0.3) is 0 Å². The first-order valence-electron chi connectivity index (χ1n) is 6.69. The van der Waals surface area contributed by atoms with Crippen molar-refractivity contribution in [2.75, 3.05) is 19.6 Å². The molecule has 1 fully saturated rings. The van der Waals surface area contributed by atoms with E-state index in [1.165, 1.54) is 0 Å². The van der Waals surface area contributed by atoms with Gasteiger partial charge in [0.05, 0.1) is 5.69 Å². The minimum Gasteiger partial charge on any atom is -0.473 e. The predicted molar refractivity (Wildman–Crippen MR) is 71.1 cm³/mol. The van der Waals surface area contributed by atoms with Gasteiger partial charge in [-0.2, -0.15) is 5.10 Å². The molecule has 6 nitrogen and oxygen atoms in total. The summed E-state index contributed by atoms with van der Waals surface area (Å²) < 4.78 is 5.77. The molecule has 104 valence electrons. The Balaban J connectivity index is 1.80. The molecule has 19 heavy (non-hydrogen) atoms. The lowest BCUT2D eigenvalue weighted by molar-refractivity contribution is 0.106. The van der Waals surface area contributed by atoms with Crippen molar-refractivity contribution in [1.82, 2.24) is 20.4 Å². The van der Waals surface area contributed by atoms with Crippen molar-refractivity contribution in [3.63, 3.8) is 0 Å². The Bertz CT molecular complexity index is 413. The van der Waals surface area contributed by atoms with Crippen LogP contribution in [0.1, 0.15) is 25.5 Å². The number of likely N-dealkylation sites (tertiary alicyclic amines) is 1. The molecule has 0 aromatic carbocycles. The molecule has 1 saturated heterocycles. The van der Waals surface area contributed by atoms with E-state index in [1.54, 1.807) is 0 Å². The number of ether oxygens (including phenoxy) is 1. The van der Waals surface area contributed by atoms with Gasteiger partial charge >= 0.3 is 6.03 Å². The molecule has 2 amide bonds. The van der Waals surface area contributed by atoms with Gasteiger partial charge in [0, 0.05) is 38.5 Å². The average Bonchev–Trinajstić information content (AvgIpc) is 2.42. The Labute approximate surface area is 113 Å². The smallest absolute Gasteiger partial charge is 0.317 e. The number of carbonyl (C=O) groups excluding carboxylic acids is 1. The molecule has 1 aliphatic heterocycles. The summed E-state index contributed by atoms with van der Waals surface area (Å²) in [4.78, 5) is 13.5. The van der Waals surface area contributed by atoms with Crippen molar-refractivity contribution >= 4 is 6.03 Å². The number of carbonyl (C=O) groups is 1. The predicted octanol–water partition coefficient (Wildman–Crippen LogP) is 1.36. The van der Waals surface area contributed by atoms with Crippen LogP contribution in [0.15, 0.2) is 12.1 Å². The molecule has 0 bridgehead atoms. The molecule has 1 aromatic rings. The third-order valence-corrected chi connectivity index (χ3v) is 3.12. The van der Waals surface area contributed by atoms with E-state index < -0.39 is 0 Å². The van der Waals surface area contributed by atoms with Crippen LogP contribution in [0.3, 0.4) is 0 Å². The third kappa shape index (κ3) is 3.81. The van der Waals surface area contributed by atoms with Crippen LogP contribution in [0.2, 0.25) is 0 Å². The first-order chi connectivity index (χ1) is 9.19. The van der Waals surface area contributed by atoms with Crippen LogP contribution >= 0.6 is 0 Å². The number of aromatic nitrogens is 2. The van der Waals surface area contributed by atoms with E-state index in [9.17, 15) is 4.79 Å². The van der Waals surface area contributed by atoms with Crippen LogP contribution in [-0.4, -0.2) is 46.9 Å². The quantitative estimate of drug-likeness (QED) is 0.895. The molecule has 6 heteroatoms. The van der Waals surface area contributed by atoms with Crippen molar-refractivity contribution in [2.45, 2.75) is 32.8 Å². The molecular weight excluding hydrogens is 244 g/mol. The molecule has 0 unspecified atom stereocenters. The number of rotatable bonds is 3. The second kappa shape index (κ2) is 6.36. The summed E-state index contributed by atoms with van der Waals surface area (Å²) in [6, 6.07) is 3.72. The summed E-state index contributed by atoms with van der Waals surface area (Å²) in [5.41, 5.74) is 0.874. The van der Waals surface area contributed by atoms with E-state index in [0.29, 0.717) is 12.4 Å². The molecule has 0 atom stereocenters. The molecule has 1 aliphatic rings. The standard InChI is InChI=1S/C13H20N4O2/c1-3-14-13(18)17-8-6-11(7-9-17)19-12-5-4-10(2)15-16-12/h4-5,11H,3,6-9H2,1-2H3,(H,14,18). The van der Waals surface area contributed by atoms with E-state index in [-0.39, 0.29) is 12.1 Å². The Morgan fingerprint density at radius 2 is 2.16 bits per heavy atom. The summed E-state index contributed by atoms with van der Waals surface area (Å²) in [5.74, 6) is 0.557. The highest BCUT2D eigenvalue weighted by Crippen LogP contribution is 2.16. The minimum atomic E-state index is 0.0103. The maximum atomic E-state index is 11.7. The fraction of sp³-hybridized carbons (Fsp3) is 0.615. The molecular formula is C13H20N4O2. The fourth-order valence-corrected chi connectivity index (χ4v) is 2.06. The monoisotopic (exact) mass is 264 g/mol. The van der Waals surface area contributed by atoms with Crippen molar-refractivity contribution in [3.8, 4) is 5.88 Å². The highest BCUT2D eigenvalue weighted by atomic mass is 16.5. The first-order valence-corrected chi connectivity index (χ1v) is 6.69. The summed E-state index contributed by atoms with van der Waals surface area (Å²) in [7, 11) is 0. The van der Waals surface area contributed by atoms with Crippen molar-refractivity contribution in [2.24, 2.45) is 0 Å². The number of nitrogens with zero attached hydrogens (tertiary/aromatic N) is 3. The topological polar surface area (TPSA) is 67.4 Å². The van der Waals surface area contributed by atoms with Crippen LogP contribution in [0.5, 0.6) is 5.88 Å². The summed E-state index contributed by atoms with van der Waals surface area (Å²) >= 11 is 0. The van der Waals surface area contributed by atoms with Gasteiger partial charge in [0.15, 0.2) is 0 Å². The van der Waals surface area contributed by atoms with E-state index >= 15 is 0 Å². The zero-order valence-electron chi connectivity index (χ0n) is 11.4. The van der Waals surface area contributed by atoms with Crippen LogP contribution in [-0.2, 0) is 0 Å². The van der Waals surface area contributed by atoms with Gasteiger partial charge in [-0.25, -0.2) is 4.79 Å². The van der Waals surface area contributed by atoms with Gasteiger partial charge < -0.3 is 15.0 Å². The Morgan fingerprint density at radius 1 is 1.42 bits per heavy atom. The average molecular weight is 264 g/mol. The van der Waals surface area contributed by atoms with Gasteiger partial charge in [0.1, 0.15) is 6.10 Å². The third-order valence-electron chi connectivity index (χ3n) is 3.12. The second-order valence-electron chi connectivity index (χ2n) is 4.65. The normalized spacial score (nSPS) is 16.2. The number of aryl methyl sites for hydroxylation is 1. The number of hydrogen-bond acceptors (Lipinski definition) is 4. The number of piperidine rings is 1. The van der Waals surface area contributed by atoms with Gasteiger partial charge in [-0.15, -0.1) is 5.10 Å². The molecule has 2 heterocycles. The van der Waals surface area contributed by atoms with Crippen LogP contribution in [0, 0.1) is 6.92 Å². The van der Waals surface area contributed by atoms with Gasteiger partial charge in [-0.1, -0.05) is 0 Å². The SMILES string of the molecule is CCNC(=O)N1CCC(Oc2ccc(C)nn2)CC1. The maximum Gasteiger partial charge on any atom is 0.317 e. The molecule has 2 rings (SSSR count). The lowest BCUT2D eigenvalue weighted by Crippen LogP contribution is -2.46. The lowest BCUT2D eigenvalue weighted by Gasteiger charge is -2.31. The number of amides is 2. The molecule has 0 spiro atoms. The largest absolute Gasteiger partial charge is 0.473 e. The summed E-state index contributed by atoms with van der Waals surface area (Å²) in [6.07, 6.45) is 1.77. The van der Waals surface area contributed by atoms with Gasteiger partial charge in [-0.05, 0) is 19.9 Å². The highest BCUT2D eigenvalue weighted by molar-refractivity contribution is 5.74. The Morgan fingerprint density at radius 3 is 2.74 bits per heavy atom. The summed E-state index contributed by atoms with van der Waals surface area (Å²) in [6.45, 7) is 5.91. The van der Waals surface area contributed by atoms with Crippen molar-refractivity contribution in [3.05, 3.63) is 17.8 Å². The molecule has 0 radical (unpaired) electrons. The van der Waals surface area contributed by atoms with E-state index in [2.05, 4.69) is 15.5 Å². The number of nitrogens with one attached hydrogen (secondary N) is 1. The summed E-state index contributed by atoms with van der Waals surface area (Å²) in [5, 5.41) is 10.8. The Hall–Kier alpha value is -1.85. The van der Waals surface area contributed by atoms with Crippen LogP contribution < -0.4 is 10.1 Å². The lowest BCUT2D eigenvalue weighted by atomic mass is 10.1. The maximum absolute atomic E-state index is 11.7. The van der Waals surface area contributed by atoms with E-state index in [1.807, 2.05) is 30.9 Å². The highest BCUT2D eigenvalue weighted by Gasteiger charge is 2.23. The molecule has 0 saturated carbocycles. The first kappa shape index (κ1) is 13.6. The minimum absolute atomic E-state index is 0.0103. The van der Waals surface area contributed by atoms with Crippen LogP contribution in [0.4, 0.5) is 4.79 Å². The zero-order valence-corrected chi connectivity index (χ0v) is 11.4. The van der Waals surface area contributed by atoms with E-state index in [0.717, 1.165) is 31.6 Å². The van der Waals surface area contributed by atoms with Crippen molar-refractivity contribution in [1.29, 1.82) is 0 Å². The molecule has 1 aromatic heterocycles. The molecule has 1 N–H and O–H groups in total. The van der Waals surface area contributed by atoms with Gasteiger partial charge in [0.25, 0.3) is 0 Å². The Kier molecular flexibility index (Phi) is 4.54. The van der Waals surface area contributed by atoms with E-state index in [4.69, 9.17) is 4.74 Å². The fourth-order valence-electron chi connectivity index (χ4n) is 2.06. The number of hydrogen-bond donors (Lipinski definition) is 1. The van der Waals surface area contributed by atoms with Gasteiger partial charge in [-0.3, -0.25) is 0 Å². The van der Waals surface area contributed by atoms with Gasteiger partial charge in [0.2, 0.25) is 5.88 Å². The second-order valence-corrected chi connectivity index (χ2v) is 4.65. The number of urea groups is 1. The van der Waals surface area contributed by atoms with Crippen molar-refractivity contribution < 1.29 is 9.53 Å².